The van der Waals surface area contributed by atoms with Gasteiger partial charge in [0.25, 0.3) is 0 Å². The third kappa shape index (κ3) is 14.8. The molecule has 0 aliphatic carbocycles. The van der Waals surface area contributed by atoms with E-state index in [4.69, 9.17) is 35.2 Å². The molecule has 5 unspecified atom stereocenters. The Bertz CT molecular complexity index is 1270. The fourth-order valence-corrected chi connectivity index (χ4v) is 6.01. The Balaban J connectivity index is 1.77. The van der Waals surface area contributed by atoms with E-state index in [1.165, 1.54) is 6.92 Å². The highest BCUT2D eigenvalue weighted by Gasteiger charge is 2.48. The molecule has 17 nitrogen and oxygen atoms in total. The SMILES string of the molecule is C=CC1OC1O[C@H](C)[C@@H](C)/C=C/C=C/C=C/C=C/C(C[C@@H]1OC(O)(C[C@@H](O)CC(O)[C@@H](C)O)C[C@H](O)[C@H]1NC(=O)NCCN)O[C@@H]1OC[C@@H](O)[C@H](N)[C@@H]1O. The lowest BCUT2D eigenvalue weighted by Gasteiger charge is -2.46. The maximum Gasteiger partial charge on any atom is 0.315 e. The number of amides is 2. The van der Waals surface area contributed by atoms with Gasteiger partial charge in [0, 0.05) is 44.7 Å². The minimum Gasteiger partial charge on any atom is -0.393 e. The summed E-state index contributed by atoms with van der Waals surface area (Å²) in [5, 5.41) is 79.1. The van der Waals surface area contributed by atoms with Crippen LogP contribution < -0.4 is 22.1 Å². The van der Waals surface area contributed by atoms with Gasteiger partial charge in [0.15, 0.2) is 18.4 Å². The number of hydrogen-bond donors (Lipinski definition) is 11. The van der Waals surface area contributed by atoms with Gasteiger partial charge in [-0.15, -0.1) is 6.58 Å². The van der Waals surface area contributed by atoms with Gasteiger partial charge in [-0.1, -0.05) is 61.6 Å². The first-order chi connectivity index (χ1) is 25.6. The van der Waals surface area contributed by atoms with Gasteiger partial charge < -0.3 is 81.5 Å². The predicted molar refractivity (Wildman–Crippen MR) is 197 cm³/mol. The normalized spacial score (nSPS) is 35.2. The Labute approximate surface area is 316 Å². The van der Waals surface area contributed by atoms with Gasteiger partial charge in [-0.2, -0.15) is 0 Å². The quantitative estimate of drug-likeness (QED) is 0.0367. The van der Waals surface area contributed by atoms with E-state index in [9.17, 15) is 40.5 Å². The summed E-state index contributed by atoms with van der Waals surface area (Å²) in [6.45, 7) is 9.17. The van der Waals surface area contributed by atoms with Crippen molar-refractivity contribution in [1.82, 2.24) is 10.6 Å². The van der Waals surface area contributed by atoms with Crippen LogP contribution in [0.15, 0.2) is 61.3 Å². The predicted octanol–water partition coefficient (Wildman–Crippen LogP) is -1.31. The number of rotatable bonds is 21. The molecule has 0 bridgehead atoms. The maximum absolute atomic E-state index is 12.7. The van der Waals surface area contributed by atoms with Crippen molar-refractivity contribution in [2.24, 2.45) is 17.4 Å². The fourth-order valence-electron chi connectivity index (χ4n) is 6.01. The number of urea groups is 1. The third-order valence-electron chi connectivity index (χ3n) is 9.49. The van der Waals surface area contributed by atoms with Crippen molar-refractivity contribution in [2.75, 3.05) is 19.7 Å². The summed E-state index contributed by atoms with van der Waals surface area (Å²) in [6.07, 6.45) is 3.39. The number of nitrogens with two attached hydrogens (primary N) is 2. The van der Waals surface area contributed by atoms with Crippen LogP contribution >= 0.6 is 0 Å². The van der Waals surface area contributed by atoms with Gasteiger partial charge in [-0.05, 0) is 13.8 Å². The van der Waals surface area contributed by atoms with Crippen LogP contribution in [0.5, 0.6) is 0 Å². The molecule has 54 heavy (non-hydrogen) atoms. The van der Waals surface area contributed by atoms with Crippen LogP contribution in [0.4, 0.5) is 4.79 Å². The van der Waals surface area contributed by atoms with E-state index in [-0.39, 0.29) is 57.0 Å². The highest BCUT2D eigenvalue weighted by Crippen LogP contribution is 2.35. The lowest BCUT2D eigenvalue weighted by molar-refractivity contribution is -0.299. The standard InChI is InChI=1S/C37H62N4O13/c1-5-29-34(53-29)51-23(4)21(2)12-10-8-6-7-9-11-13-25(52-35-33(47)31(39)28(46)20-50-35)17-30-32(41-36(48)40-15-14-38)27(45)19-37(49,54-30)18-24(43)16-26(44)22(3)42/h5-13,21-35,42-47,49H,1,14-20,38-39H2,2-4H3,(H2,40,41,48)/b8-6+,9-7+,12-10+,13-11+/t21-,22+,23+,24-,25?,26?,27-,28+,29?,30-,31-,32+,33-,34?,35-,37?/m0/s1. The number of epoxide rings is 1. The summed E-state index contributed by atoms with van der Waals surface area (Å²) in [4.78, 5) is 12.7. The Morgan fingerprint density at radius 2 is 1.67 bits per heavy atom. The van der Waals surface area contributed by atoms with Crippen LogP contribution in [-0.2, 0) is 23.7 Å². The number of carbonyl (C=O) groups excluding carboxylic acids is 1. The summed E-state index contributed by atoms with van der Waals surface area (Å²) < 4.78 is 28.9. The first-order valence-electron chi connectivity index (χ1n) is 18.4. The Morgan fingerprint density at radius 3 is 2.30 bits per heavy atom. The first kappa shape index (κ1) is 45.8. The number of ether oxygens (including phenoxy) is 5. The second-order valence-corrected chi connectivity index (χ2v) is 14.2. The Kier molecular flexibility index (Phi) is 18.9. The van der Waals surface area contributed by atoms with Gasteiger partial charge in [-0.3, -0.25) is 0 Å². The molecule has 16 atom stereocenters. The van der Waals surface area contributed by atoms with Crippen molar-refractivity contribution in [2.45, 2.75) is 138 Å². The van der Waals surface area contributed by atoms with E-state index in [2.05, 4.69) is 17.2 Å². The van der Waals surface area contributed by atoms with Gasteiger partial charge >= 0.3 is 6.03 Å². The summed E-state index contributed by atoms with van der Waals surface area (Å²) in [6, 6.07) is -2.81. The molecule has 308 valence electrons. The maximum atomic E-state index is 12.7. The molecule has 17 heteroatoms. The zero-order valence-electron chi connectivity index (χ0n) is 31.2. The minimum absolute atomic E-state index is 0.0575. The average molecular weight is 771 g/mol. The molecule has 13 N–H and O–H groups in total. The average Bonchev–Trinajstić information content (AvgIpc) is 3.87. The number of carbonyl (C=O) groups is 1. The van der Waals surface area contributed by atoms with Crippen LogP contribution in [0.3, 0.4) is 0 Å². The highest BCUT2D eigenvalue weighted by atomic mass is 16.8. The van der Waals surface area contributed by atoms with Crippen LogP contribution in [0, 0.1) is 5.92 Å². The van der Waals surface area contributed by atoms with E-state index in [0.717, 1.165) is 0 Å². The molecule has 0 aromatic rings. The zero-order chi connectivity index (χ0) is 40.0. The summed E-state index contributed by atoms with van der Waals surface area (Å²) >= 11 is 0. The van der Waals surface area contributed by atoms with E-state index in [1.54, 1.807) is 30.4 Å². The van der Waals surface area contributed by atoms with Crippen LogP contribution in [0.25, 0.3) is 0 Å². The van der Waals surface area contributed by atoms with Gasteiger partial charge in [0.2, 0.25) is 0 Å². The van der Waals surface area contributed by atoms with Crippen molar-refractivity contribution < 1.29 is 64.2 Å². The van der Waals surface area contributed by atoms with Crippen molar-refractivity contribution in [3.63, 3.8) is 0 Å². The van der Waals surface area contributed by atoms with Crippen LogP contribution in [-0.4, -0.2) is 153 Å². The molecular formula is C37H62N4O13. The first-order valence-corrected chi connectivity index (χ1v) is 18.4. The molecule has 3 aliphatic heterocycles. The number of allylic oxidation sites excluding steroid dienone is 6. The largest absolute Gasteiger partial charge is 0.393 e. The number of aliphatic hydroxyl groups is 7. The topological polar surface area (TPSA) is 284 Å². The molecule has 0 aromatic heterocycles. The Morgan fingerprint density at radius 1 is 1.00 bits per heavy atom. The van der Waals surface area contributed by atoms with Gasteiger partial charge in [0.1, 0.15) is 12.2 Å². The van der Waals surface area contributed by atoms with Crippen LogP contribution in [0.1, 0.15) is 46.5 Å². The summed E-state index contributed by atoms with van der Waals surface area (Å²) in [5.41, 5.74) is 11.5. The smallest absolute Gasteiger partial charge is 0.315 e. The summed E-state index contributed by atoms with van der Waals surface area (Å²) in [7, 11) is 0. The number of hydrogen-bond acceptors (Lipinski definition) is 15. The van der Waals surface area contributed by atoms with Crippen LogP contribution in [0.2, 0.25) is 0 Å². The Hall–Kier alpha value is -2.59. The van der Waals surface area contributed by atoms with Crippen molar-refractivity contribution in [1.29, 1.82) is 0 Å². The molecular weight excluding hydrogens is 708 g/mol. The van der Waals surface area contributed by atoms with E-state index >= 15 is 0 Å². The van der Waals surface area contributed by atoms with E-state index in [0.29, 0.717) is 0 Å². The van der Waals surface area contributed by atoms with Gasteiger partial charge in [0.05, 0.1) is 67.5 Å². The molecule has 2 amide bonds. The molecule has 3 saturated heterocycles. The monoisotopic (exact) mass is 770 g/mol. The molecule has 0 radical (unpaired) electrons. The second kappa shape index (κ2) is 22.2. The lowest BCUT2D eigenvalue weighted by atomic mass is 9.87. The lowest BCUT2D eigenvalue weighted by Crippen LogP contribution is -2.63. The van der Waals surface area contributed by atoms with Crippen molar-refractivity contribution >= 4 is 6.03 Å². The minimum atomic E-state index is -2.12. The molecule has 0 aromatic carbocycles. The molecule has 3 rings (SSSR count). The van der Waals surface area contributed by atoms with E-state index < -0.39 is 91.9 Å². The van der Waals surface area contributed by atoms with Gasteiger partial charge in [-0.25, -0.2) is 4.79 Å². The third-order valence-corrected chi connectivity index (χ3v) is 9.49. The van der Waals surface area contributed by atoms with Crippen molar-refractivity contribution in [3.05, 3.63) is 61.3 Å². The molecule has 0 spiro atoms. The molecule has 3 aliphatic rings. The number of nitrogens with one attached hydrogen (secondary N) is 2. The molecule has 3 fully saturated rings. The molecule has 3 heterocycles. The van der Waals surface area contributed by atoms with Crippen molar-refractivity contribution in [3.8, 4) is 0 Å². The van der Waals surface area contributed by atoms with E-state index in [1.807, 2.05) is 38.2 Å². The fraction of sp³-hybridized carbons (Fsp3) is 0.703. The molecule has 0 saturated carbocycles. The summed E-state index contributed by atoms with van der Waals surface area (Å²) in [5.74, 6) is -1.99. The zero-order valence-corrected chi connectivity index (χ0v) is 31.2. The number of aliphatic hydroxyl groups excluding tert-OH is 6. The second-order valence-electron chi connectivity index (χ2n) is 14.2. The highest BCUT2D eigenvalue weighted by molar-refractivity contribution is 5.74.